The number of nitrogens with one attached hydrogen (secondary N) is 2. The molecule has 0 aliphatic rings. The number of nitrogens with two attached hydrogens (primary N) is 2. The molecule has 1 aromatic carbocycles. The summed E-state index contributed by atoms with van der Waals surface area (Å²) in [6.07, 6.45) is 1.58. The van der Waals surface area contributed by atoms with Crippen molar-refractivity contribution < 1.29 is 18.7 Å². The molecule has 6 N–H and O–H groups in total. The summed E-state index contributed by atoms with van der Waals surface area (Å²) >= 11 is 0. The summed E-state index contributed by atoms with van der Waals surface area (Å²) in [6, 6.07) is 5.48. The largest absolute Gasteiger partial charge is 0.424 e. The lowest BCUT2D eigenvalue weighted by molar-refractivity contribution is -0.122. The highest BCUT2D eigenvalue weighted by atomic mass is 16.5. The van der Waals surface area contributed by atoms with Gasteiger partial charge in [-0.2, -0.15) is 10.1 Å². The fourth-order valence-corrected chi connectivity index (χ4v) is 3.44. The Morgan fingerprint density at radius 3 is 2.82 bits per heavy atom. The van der Waals surface area contributed by atoms with E-state index in [-0.39, 0.29) is 30.9 Å². The third-order valence-electron chi connectivity index (χ3n) is 4.98. The molecule has 13 heteroatoms. The Bertz CT molecular complexity index is 1330. The van der Waals surface area contributed by atoms with E-state index >= 15 is 0 Å². The first-order chi connectivity index (χ1) is 16.4. The smallest absolute Gasteiger partial charge is 0.292 e. The first-order valence-corrected chi connectivity index (χ1v) is 10.6. The van der Waals surface area contributed by atoms with E-state index in [1.165, 1.54) is 13.3 Å². The summed E-state index contributed by atoms with van der Waals surface area (Å²) in [5.41, 5.74) is 14.9. The van der Waals surface area contributed by atoms with Gasteiger partial charge in [-0.15, -0.1) is 0 Å². The number of nitrogen functional groups attached to an aromatic ring is 2. The first kappa shape index (κ1) is 22.9. The van der Waals surface area contributed by atoms with Crippen LogP contribution in [-0.2, 0) is 20.9 Å². The molecule has 178 valence electrons. The summed E-state index contributed by atoms with van der Waals surface area (Å²) in [6.45, 7) is 3.17. The average Bonchev–Trinajstić information content (AvgIpc) is 3.36. The number of carbonyl (C=O) groups is 2. The third kappa shape index (κ3) is 5.20. The van der Waals surface area contributed by atoms with Gasteiger partial charge in [-0.3, -0.25) is 9.59 Å². The molecule has 0 radical (unpaired) electrons. The van der Waals surface area contributed by atoms with Crippen LogP contribution in [0.25, 0.3) is 33.4 Å². The second kappa shape index (κ2) is 10.1. The van der Waals surface area contributed by atoms with E-state index in [9.17, 15) is 9.59 Å². The second-order valence-electron chi connectivity index (χ2n) is 7.46. The monoisotopic (exact) mass is 467 g/mol. The van der Waals surface area contributed by atoms with Crippen molar-refractivity contribution in [3.63, 3.8) is 0 Å². The highest BCUT2D eigenvalue weighted by Crippen LogP contribution is 2.32. The Kier molecular flexibility index (Phi) is 6.82. The molecule has 0 spiro atoms. The van der Waals surface area contributed by atoms with Crippen LogP contribution in [0.15, 0.2) is 28.9 Å². The number of fused-ring (bicyclic) bond motifs is 2. The Labute approximate surface area is 193 Å². The predicted molar refractivity (Wildman–Crippen MR) is 124 cm³/mol. The molecule has 4 aromatic rings. The number of hydrogen-bond donors (Lipinski definition) is 4. The fourth-order valence-electron chi connectivity index (χ4n) is 3.44. The van der Waals surface area contributed by atoms with Gasteiger partial charge in [0, 0.05) is 32.0 Å². The van der Waals surface area contributed by atoms with Crippen LogP contribution >= 0.6 is 0 Å². The van der Waals surface area contributed by atoms with Crippen molar-refractivity contribution in [2.75, 3.05) is 37.8 Å². The summed E-state index contributed by atoms with van der Waals surface area (Å²) in [5.74, 6) is 0.0250. The Balaban J connectivity index is 1.41. The third-order valence-corrected chi connectivity index (χ3v) is 4.98. The van der Waals surface area contributed by atoms with Gasteiger partial charge in [-0.05, 0) is 18.2 Å². The normalized spacial score (nSPS) is 11.2. The molecule has 3 heterocycles. The molecule has 0 fully saturated rings. The minimum atomic E-state index is -0.153. The summed E-state index contributed by atoms with van der Waals surface area (Å²) in [5, 5.41) is 10.7. The lowest BCUT2D eigenvalue weighted by Crippen LogP contribution is -2.29. The molecule has 34 heavy (non-hydrogen) atoms. The van der Waals surface area contributed by atoms with Crippen molar-refractivity contribution in [3.05, 3.63) is 24.5 Å². The van der Waals surface area contributed by atoms with E-state index in [1.54, 1.807) is 10.7 Å². The van der Waals surface area contributed by atoms with Crippen molar-refractivity contribution in [1.82, 2.24) is 35.4 Å². The van der Waals surface area contributed by atoms with Crippen LogP contribution in [-0.4, -0.2) is 62.9 Å². The number of nitrogens with zero attached hydrogens (tertiary/aromatic N) is 5. The minimum absolute atomic E-state index is 0.0826. The minimum Gasteiger partial charge on any atom is -0.424 e. The van der Waals surface area contributed by atoms with Crippen molar-refractivity contribution in [2.24, 2.45) is 0 Å². The van der Waals surface area contributed by atoms with Crippen LogP contribution in [0.5, 0.6) is 0 Å². The number of anilines is 2. The number of oxazole rings is 1. The molecule has 0 bridgehead atoms. The molecule has 0 atom stereocenters. The van der Waals surface area contributed by atoms with Crippen LogP contribution in [0.1, 0.15) is 13.3 Å². The van der Waals surface area contributed by atoms with Gasteiger partial charge in [0.1, 0.15) is 23.4 Å². The van der Waals surface area contributed by atoms with Crippen LogP contribution in [0.3, 0.4) is 0 Å². The van der Waals surface area contributed by atoms with E-state index < -0.39 is 0 Å². The zero-order valence-corrected chi connectivity index (χ0v) is 18.6. The predicted octanol–water partition coefficient (Wildman–Crippen LogP) is 0.458. The fraction of sp³-hybridized carbons (Fsp3) is 0.333. The van der Waals surface area contributed by atoms with Crippen molar-refractivity contribution in [2.45, 2.75) is 19.9 Å². The maximum absolute atomic E-state index is 12.1. The van der Waals surface area contributed by atoms with Crippen LogP contribution in [0.2, 0.25) is 0 Å². The van der Waals surface area contributed by atoms with Crippen LogP contribution < -0.4 is 22.1 Å². The summed E-state index contributed by atoms with van der Waals surface area (Å²) < 4.78 is 12.3. The number of rotatable bonds is 10. The molecule has 2 amide bonds. The standard InChI is InChI=1S/C21H25N9O4/c1-12(31)24-6-9-33-8-4-16(32)25-5-7-30-20-17(19(22)26-11-27-20)18(29-30)13-2-3-15-14(10-13)28-21(23)34-15/h2-3,10-11H,4-9H2,1H3,(H2,23,28)(H,24,31)(H,25,32)(H2,22,26,27). The van der Waals surface area contributed by atoms with Crippen LogP contribution in [0, 0.1) is 0 Å². The van der Waals surface area contributed by atoms with Gasteiger partial charge in [-0.25, -0.2) is 14.6 Å². The van der Waals surface area contributed by atoms with E-state index in [0.29, 0.717) is 59.9 Å². The molecule has 3 aromatic heterocycles. The quantitative estimate of drug-likeness (QED) is 0.238. The number of benzene rings is 1. The summed E-state index contributed by atoms with van der Waals surface area (Å²) in [4.78, 5) is 35.5. The average molecular weight is 467 g/mol. The molecular weight excluding hydrogens is 442 g/mol. The van der Waals surface area contributed by atoms with E-state index in [4.69, 9.17) is 20.6 Å². The van der Waals surface area contributed by atoms with Gasteiger partial charge in [-0.1, -0.05) is 0 Å². The lowest BCUT2D eigenvalue weighted by Gasteiger charge is -2.07. The number of ether oxygens (including phenoxy) is 1. The van der Waals surface area contributed by atoms with E-state index in [0.717, 1.165) is 5.56 Å². The van der Waals surface area contributed by atoms with Gasteiger partial charge in [0.2, 0.25) is 11.8 Å². The number of amides is 2. The van der Waals surface area contributed by atoms with E-state index in [2.05, 4.69) is 30.7 Å². The van der Waals surface area contributed by atoms with E-state index in [1.807, 2.05) is 12.1 Å². The van der Waals surface area contributed by atoms with Gasteiger partial charge < -0.3 is 31.3 Å². The highest BCUT2D eigenvalue weighted by molar-refractivity contribution is 5.99. The topological polar surface area (TPSA) is 189 Å². The number of aromatic nitrogens is 5. The van der Waals surface area contributed by atoms with Crippen LogP contribution in [0.4, 0.5) is 11.8 Å². The summed E-state index contributed by atoms with van der Waals surface area (Å²) in [7, 11) is 0. The van der Waals surface area contributed by atoms with Crippen molar-refractivity contribution in [3.8, 4) is 11.3 Å². The van der Waals surface area contributed by atoms with Crippen molar-refractivity contribution >= 4 is 45.8 Å². The molecule has 0 saturated heterocycles. The second-order valence-corrected chi connectivity index (χ2v) is 7.46. The molecule has 0 aliphatic carbocycles. The molecule has 13 nitrogen and oxygen atoms in total. The Morgan fingerprint density at radius 1 is 1.15 bits per heavy atom. The Hall–Kier alpha value is -4.26. The van der Waals surface area contributed by atoms with Gasteiger partial charge in [0.05, 0.1) is 25.1 Å². The molecule has 0 aliphatic heterocycles. The SMILES string of the molecule is CC(=O)NCCOCCC(=O)NCCn1nc(-c2ccc3oc(N)nc3c2)c2c(N)ncnc21. The molecule has 0 saturated carbocycles. The maximum atomic E-state index is 12.1. The van der Waals surface area contributed by atoms with Gasteiger partial charge in [0.25, 0.3) is 6.01 Å². The van der Waals surface area contributed by atoms with Gasteiger partial charge >= 0.3 is 0 Å². The number of carbonyl (C=O) groups excluding carboxylic acids is 2. The molecule has 4 rings (SSSR count). The van der Waals surface area contributed by atoms with Gasteiger partial charge in [0.15, 0.2) is 11.2 Å². The molecule has 0 unspecified atom stereocenters. The number of hydrogen-bond acceptors (Lipinski definition) is 10. The maximum Gasteiger partial charge on any atom is 0.292 e. The van der Waals surface area contributed by atoms with Crippen molar-refractivity contribution in [1.29, 1.82) is 0 Å². The zero-order chi connectivity index (χ0) is 24.1. The highest BCUT2D eigenvalue weighted by Gasteiger charge is 2.18. The zero-order valence-electron chi connectivity index (χ0n) is 18.6. The lowest BCUT2D eigenvalue weighted by atomic mass is 10.1. The molecular formula is C21H25N9O4. The first-order valence-electron chi connectivity index (χ1n) is 10.6. The Morgan fingerprint density at radius 2 is 2.00 bits per heavy atom.